The Hall–Kier alpha value is -3.33. The number of pyridine rings is 1. The molecule has 1 amide bonds. The van der Waals surface area contributed by atoms with Gasteiger partial charge in [-0.05, 0) is 64.7 Å². The van der Waals surface area contributed by atoms with Gasteiger partial charge in [0.2, 0.25) is 5.95 Å². The molecule has 3 heterocycles. The topological polar surface area (TPSA) is 107 Å². The van der Waals surface area contributed by atoms with Gasteiger partial charge in [-0.2, -0.15) is 0 Å². The van der Waals surface area contributed by atoms with E-state index in [4.69, 9.17) is 35.8 Å². The van der Waals surface area contributed by atoms with E-state index in [1.54, 1.807) is 6.20 Å². The molecule has 1 fully saturated rings. The zero-order valence-electron chi connectivity index (χ0n) is 20.9. The van der Waals surface area contributed by atoms with Gasteiger partial charge in [-0.3, -0.25) is 0 Å². The van der Waals surface area contributed by atoms with Crippen LogP contribution in [-0.2, 0) is 4.74 Å². The largest absolute Gasteiger partial charge is 0.484 e. The highest BCUT2D eigenvalue weighted by atomic mass is 35.5. The Labute approximate surface area is 214 Å². The van der Waals surface area contributed by atoms with Crippen molar-refractivity contribution in [2.45, 2.75) is 64.6 Å². The number of anilines is 1. The highest BCUT2D eigenvalue weighted by Gasteiger charge is 2.28. The zero-order valence-corrected chi connectivity index (χ0v) is 21.6. The van der Waals surface area contributed by atoms with E-state index in [1.165, 1.54) is 0 Å². The van der Waals surface area contributed by atoms with E-state index in [1.807, 2.05) is 45.9 Å². The van der Waals surface area contributed by atoms with Crippen LogP contribution in [0.4, 0.5) is 10.7 Å². The average molecular weight is 512 g/mol. The van der Waals surface area contributed by atoms with Crippen molar-refractivity contribution < 1.29 is 19.0 Å². The maximum Gasteiger partial charge on any atom is 0.407 e. The SMILES string of the molecule is Cc1nc(N[C@@H]2CC[C@H](NC(=O)OC(C)(C)C)C2)nc2ccc(-c3c(Cl)cnc4c3OCCO4)cc12. The van der Waals surface area contributed by atoms with Crippen LogP contribution in [0.15, 0.2) is 24.4 Å². The number of aryl methyl sites for hydroxylation is 1. The van der Waals surface area contributed by atoms with Crippen LogP contribution < -0.4 is 20.1 Å². The molecule has 0 spiro atoms. The van der Waals surface area contributed by atoms with Crippen LogP contribution in [0.5, 0.6) is 11.6 Å². The normalized spacial score (nSPS) is 19.2. The molecule has 10 heteroatoms. The second-order valence-electron chi connectivity index (χ2n) is 10.2. The number of alkyl carbamates (subject to hydrolysis) is 1. The second-order valence-corrected chi connectivity index (χ2v) is 10.6. The third-order valence-electron chi connectivity index (χ3n) is 6.19. The molecule has 2 N–H and O–H groups in total. The molecule has 5 rings (SSSR count). The molecule has 190 valence electrons. The van der Waals surface area contributed by atoms with E-state index < -0.39 is 5.60 Å². The number of halogens is 1. The third-order valence-corrected chi connectivity index (χ3v) is 6.47. The Morgan fingerprint density at radius 2 is 1.92 bits per heavy atom. The number of aromatic nitrogens is 3. The summed E-state index contributed by atoms with van der Waals surface area (Å²) in [7, 11) is 0. The summed E-state index contributed by atoms with van der Waals surface area (Å²) in [6.45, 7) is 8.44. The van der Waals surface area contributed by atoms with Crippen LogP contribution >= 0.6 is 11.6 Å². The maximum absolute atomic E-state index is 12.1. The van der Waals surface area contributed by atoms with E-state index in [0.29, 0.717) is 35.8 Å². The molecule has 2 aliphatic rings. The van der Waals surface area contributed by atoms with Gasteiger partial charge in [-0.15, -0.1) is 0 Å². The molecule has 1 saturated carbocycles. The lowest BCUT2D eigenvalue weighted by Gasteiger charge is -2.22. The lowest BCUT2D eigenvalue weighted by molar-refractivity contribution is 0.0505. The standard InChI is InChI=1S/C26H30ClN5O4/c1-14-18-11-15(21-19(27)13-28-23-22(21)34-9-10-35-23)5-8-20(18)32-24(29-14)30-16-6-7-17(12-16)31-25(33)36-26(2,3)4/h5,8,11,13,16-17H,6-7,9-10,12H2,1-4H3,(H,31,33)(H,29,30,32)/t16-,17+/m1/s1. The Bertz CT molecular complexity index is 1310. The van der Waals surface area contributed by atoms with Crippen LogP contribution in [0, 0.1) is 6.92 Å². The van der Waals surface area contributed by atoms with Crippen LogP contribution in [0.3, 0.4) is 0 Å². The first-order chi connectivity index (χ1) is 17.2. The molecule has 0 radical (unpaired) electrons. The molecule has 0 bridgehead atoms. The molecule has 1 aliphatic heterocycles. The Morgan fingerprint density at radius 3 is 2.72 bits per heavy atom. The van der Waals surface area contributed by atoms with Crippen molar-refractivity contribution in [2.75, 3.05) is 18.5 Å². The molecule has 1 aliphatic carbocycles. The molecule has 36 heavy (non-hydrogen) atoms. The Morgan fingerprint density at radius 1 is 1.14 bits per heavy atom. The number of benzene rings is 1. The van der Waals surface area contributed by atoms with Gasteiger partial charge < -0.3 is 24.8 Å². The fourth-order valence-electron chi connectivity index (χ4n) is 4.64. The molecule has 3 aromatic rings. The number of nitrogens with zero attached hydrogens (tertiary/aromatic N) is 3. The van der Waals surface area contributed by atoms with Gasteiger partial charge in [0.1, 0.15) is 18.8 Å². The molecule has 0 saturated heterocycles. The lowest BCUT2D eigenvalue weighted by Crippen LogP contribution is -2.38. The minimum absolute atomic E-state index is 0.0590. The average Bonchev–Trinajstić information content (AvgIpc) is 3.24. The van der Waals surface area contributed by atoms with Crippen molar-refractivity contribution >= 4 is 34.5 Å². The number of rotatable bonds is 4. The highest BCUT2D eigenvalue weighted by Crippen LogP contribution is 2.43. The minimum atomic E-state index is -0.514. The molecule has 9 nitrogen and oxygen atoms in total. The summed E-state index contributed by atoms with van der Waals surface area (Å²) in [6.07, 6.45) is 3.77. The maximum atomic E-state index is 12.1. The van der Waals surface area contributed by atoms with Crippen molar-refractivity contribution in [1.29, 1.82) is 0 Å². The number of ether oxygens (including phenoxy) is 3. The number of fused-ring (bicyclic) bond motifs is 2. The van der Waals surface area contributed by atoms with Crippen molar-refractivity contribution in [3.8, 4) is 22.8 Å². The van der Waals surface area contributed by atoms with E-state index >= 15 is 0 Å². The fourth-order valence-corrected chi connectivity index (χ4v) is 4.89. The Balaban J connectivity index is 1.32. The predicted molar refractivity (Wildman–Crippen MR) is 138 cm³/mol. The summed E-state index contributed by atoms with van der Waals surface area (Å²) in [5.74, 6) is 1.58. The van der Waals surface area contributed by atoms with Gasteiger partial charge in [0.15, 0.2) is 5.75 Å². The summed E-state index contributed by atoms with van der Waals surface area (Å²) in [6, 6.07) is 6.17. The number of hydrogen-bond donors (Lipinski definition) is 2. The third kappa shape index (κ3) is 5.26. The minimum Gasteiger partial charge on any atom is -0.484 e. The van der Waals surface area contributed by atoms with Crippen LogP contribution in [0.1, 0.15) is 45.7 Å². The van der Waals surface area contributed by atoms with Gasteiger partial charge in [0.05, 0.1) is 22.4 Å². The molecule has 2 aromatic heterocycles. The first kappa shape index (κ1) is 24.4. The van der Waals surface area contributed by atoms with Crippen LogP contribution in [-0.4, -0.2) is 51.9 Å². The van der Waals surface area contributed by atoms with Crippen LogP contribution in [0.2, 0.25) is 5.02 Å². The van der Waals surface area contributed by atoms with Crippen molar-refractivity contribution in [3.63, 3.8) is 0 Å². The van der Waals surface area contributed by atoms with Gasteiger partial charge in [-0.1, -0.05) is 17.7 Å². The molecular weight excluding hydrogens is 482 g/mol. The number of amides is 1. The summed E-state index contributed by atoms with van der Waals surface area (Å²) in [5.41, 5.74) is 2.79. The van der Waals surface area contributed by atoms with E-state index in [-0.39, 0.29) is 18.2 Å². The predicted octanol–water partition coefficient (Wildman–Crippen LogP) is 5.28. The van der Waals surface area contributed by atoms with Crippen molar-refractivity contribution in [3.05, 3.63) is 35.1 Å². The molecule has 2 atom stereocenters. The Kier molecular flexibility index (Phi) is 6.51. The first-order valence-electron chi connectivity index (χ1n) is 12.2. The summed E-state index contributed by atoms with van der Waals surface area (Å²) < 4.78 is 16.8. The van der Waals surface area contributed by atoms with E-state index in [9.17, 15) is 4.79 Å². The number of nitrogens with one attached hydrogen (secondary N) is 2. The zero-order chi connectivity index (χ0) is 25.4. The summed E-state index contributed by atoms with van der Waals surface area (Å²) >= 11 is 6.51. The van der Waals surface area contributed by atoms with E-state index in [2.05, 4.69) is 15.6 Å². The van der Waals surface area contributed by atoms with Gasteiger partial charge in [0.25, 0.3) is 5.88 Å². The molecule has 1 aromatic carbocycles. The smallest absolute Gasteiger partial charge is 0.407 e. The number of carbonyl (C=O) groups is 1. The quantitative estimate of drug-likeness (QED) is 0.487. The van der Waals surface area contributed by atoms with Gasteiger partial charge in [0, 0.05) is 23.0 Å². The number of carbonyl (C=O) groups excluding carboxylic acids is 1. The monoisotopic (exact) mass is 511 g/mol. The highest BCUT2D eigenvalue weighted by molar-refractivity contribution is 6.33. The summed E-state index contributed by atoms with van der Waals surface area (Å²) in [4.78, 5) is 25.8. The first-order valence-corrected chi connectivity index (χ1v) is 12.5. The second kappa shape index (κ2) is 9.61. The van der Waals surface area contributed by atoms with Crippen LogP contribution in [0.25, 0.3) is 22.0 Å². The lowest BCUT2D eigenvalue weighted by atomic mass is 10.0. The van der Waals surface area contributed by atoms with Gasteiger partial charge in [-0.25, -0.2) is 19.7 Å². The van der Waals surface area contributed by atoms with Crippen molar-refractivity contribution in [2.24, 2.45) is 0 Å². The molecule has 0 unspecified atom stereocenters. The number of hydrogen-bond acceptors (Lipinski definition) is 8. The molecular formula is C26H30ClN5O4. The van der Waals surface area contributed by atoms with Crippen molar-refractivity contribution in [1.82, 2.24) is 20.3 Å². The van der Waals surface area contributed by atoms with Gasteiger partial charge >= 0.3 is 6.09 Å². The van der Waals surface area contributed by atoms with E-state index in [0.717, 1.165) is 47.0 Å². The summed E-state index contributed by atoms with van der Waals surface area (Å²) in [5, 5.41) is 7.82. The fraction of sp³-hybridized carbons (Fsp3) is 0.462.